The third-order valence-corrected chi connectivity index (χ3v) is 4.18. The quantitative estimate of drug-likeness (QED) is 0.699. The average molecular weight is 241 g/mol. The first-order valence-electron chi connectivity index (χ1n) is 7.34. The molecule has 0 aromatic heterocycles. The van der Waals surface area contributed by atoms with Crippen LogP contribution in [0.4, 0.5) is 0 Å². The van der Waals surface area contributed by atoms with Gasteiger partial charge in [-0.3, -0.25) is 4.90 Å². The largest absolute Gasteiger partial charge is 0.317 e. The zero-order chi connectivity index (χ0) is 12.7. The van der Waals surface area contributed by atoms with E-state index in [2.05, 4.69) is 42.9 Å². The van der Waals surface area contributed by atoms with Crippen LogP contribution in [0.2, 0.25) is 0 Å². The van der Waals surface area contributed by atoms with E-state index in [9.17, 15) is 0 Å². The molecule has 1 fully saturated rings. The molecule has 1 aliphatic heterocycles. The SMILES string of the molecule is CCN(CC)C1CCN(CCCC(C)NC)C1. The standard InChI is InChI=1S/C14H31N3/c1-5-17(6-2)14-9-11-16(12-14)10-7-8-13(3)15-4/h13-15H,5-12H2,1-4H3. The molecule has 1 rings (SSSR count). The minimum absolute atomic E-state index is 0.663. The van der Waals surface area contributed by atoms with Gasteiger partial charge < -0.3 is 10.2 Å². The molecule has 0 aliphatic carbocycles. The summed E-state index contributed by atoms with van der Waals surface area (Å²) < 4.78 is 0. The van der Waals surface area contributed by atoms with Gasteiger partial charge >= 0.3 is 0 Å². The molecule has 0 spiro atoms. The lowest BCUT2D eigenvalue weighted by molar-refractivity contribution is 0.209. The molecular weight excluding hydrogens is 210 g/mol. The number of rotatable bonds is 8. The number of nitrogens with one attached hydrogen (secondary N) is 1. The molecule has 1 aliphatic rings. The van der Waals surface area contributed by atoms with Crippen molar-refractivity contribution in [1.29, 1.82) is 0 Å². The predicted octanol–water partition coefficient (Wildman–Crippen LogP) is 1.79. The molecule has 2 unspecified atom stereocenters. The van der Waals surface area contributed by atoms with Crippen LogP contribution in [0.1, 0.15) is 40.0 Å². The molecule has 0 aromatic carbocycles. The molecule has 3 heteroatoms. The molecule has 0 bridgehead atoms. The van der Waals surface area contributed by atoms with E-state index >= 15 is 0 Å². The Morgan fingerprint density at radius 3 is 2.65 bits per heavy atom. The van der Waals surface area contributed by atoms with Crippen LogP contribution in [0, 0.1) is 0 Å². The Morgan fingerprint density at radius 2 is 2.06 bits per heavy atom. The number of nitrogens with zero attached hydrogens (tertiary/aromatic N) is 2. The van der Waals surface area contributed by atoms with Crippen molar-refractivity contribution in [3.8, 4) is 0 Å². The lowest BCUT2D eigenvalue weighted by Crippen LogP contribution is -2.37. The van der Waals surface area contributed by atoms with Gasteiger partial charge in [-0.05, 0) is 59.4 Å². The number of likely N-dealkylation sites (N-methyl/N-ethyl adjacent to an activating group) is 1. The fraction of sp³-hybridized carbons (Fsp3) is 1.00. The molecule has 17 heavy (non-hydrogen) atoms. The molecular formula is C14H31N3. The molecule has 1 saturated heterocycles. The first-order valence-corrected chi connectivity index (χ1v) is 7.34. The molecule has 0 aromatic rings. The Bertz CT molecular complexity index is 192. The Labute approximate surface area is 108 Å². The maximum Gasteiger partial charge on any atom is 0.0235 e. The van der Waals surface area contributed by atoms with E-state index in [1.54, 1.807) is 0 Å². The van der Waals surface area contributed by atoms with Crippen molar-refractivity contribution in [1.82, 2.24) is 15.1 Å². The highest BCUT2D eigenvalue weighted by molar-refractivity contribution is 4.82. The van der Waals surface area contributed by atoms with Gasteiger partial charge in [-0.15, -0.1) is 0 Å². The van der Waals surface area contributed by atoms with Crippen LogP contribution in [0.3, 0.4) is 0 Å². The monoisotopic (exact) mass is 241 g/mol. The maximum absolute atomic E-state index is 3.31. The van der Waals surface area contributed by atoms with Crippen LogP contribution in [0.5, 0.6) is 0 Å². The second-order valence-electron chi connectivity index (χ2n) is 5.30. The summed E-state index contributed by atoms with van der Waals surface area (Å²) in [6, 6.07) is 1.47. The molecule has 1 heterocycles. The number of hydrogen-bond acceptors (Lipinski definition) is 3. The lowest BCUT2D eigenvalue weighted by atomic mass is 10.2. The van der Waals surface area contributed by atoms with Gasteiger partial charge in [0.1, 0.15) is 0 Å². The van der Waals surface area contributed by atoms with Gasteiger partial charge in [-0.25, -0.2) is 0 Å². The van der Waals surface area contributed by atoms with Crippen LogP contribution in [0.15, 0.2) is 0 Å². The summed E-state index contributed by atoms with van der Waals surface area (Å²) in [4.78, 5) is 5.25. The summed E-state index contributed by atoms with van der Waals surface area (Å²) in [6.07, 6.45) is 3.99. The fourth-order valence-electron chi connectivity index (χ4n) is 2.82. The second kappa shape index (κ2) is 8.06. The van der Waals surface area contributed by atoms with Crippen molar-refractivity contribution < 1.29 is 0 Å². The highest BCUT2D eigenvalue weighted by atomic mass is 15.2. The fourth-order valence-corrected chi connectivity index (χ4v) is 2.82. The Kier molecular flexibility index (Phi) is 7.09. The van der Waals surface area contributed by atoms with E-state index in [-0.39, 0.29) is 0 Å². The van der Waals surface area contributed by atoms with E-state index in [0.29, 0.717) is 6.04 Å². The third kappa shape index (κ3) is 4.94. The molecule has 0 saturated carbocycles. The number of likely N-dealkylation sites (tertiary alicyclic amines) is 1. The average Bonchev–Trinajstić information content (AvgIpc) is 2.79. The number of hydrogen-bond donors (Lipinski definition) is 1. The minimum Gasteiger partial charge on any atom is -0.317 e. The van der Waals surface area contributed by atoms with Gasteiger partial charge in [0.05, 0.1) is 0 Å². The summed E-state index contributed by atoms with van der Waals surface area (Å²) >= 11 is 0. The van der Waals surface area contributed by atoms with E-state index < -0.39 is 0 Å². The molecule has 0 amide bonds. The minimum atomic E-state index is 0.663. The van der Waals surface area contributed by atoms with Gasteiger partial charge in [0.25, 0.3) is 0 Å². The van der Waals surface area contributed by atoms with Crippen molar-refractivity contribution in [2.75, 3.05) is 39.8 Å². The molecule has 102 valence electrons. The normalized spacial score (nSPS) is 23.5. The van der Waals surface area contributed by atoms with Gasteiger partial charge in [-0.1, -0.05) is 13.8 Å². The smallest absolute Gasteiger partial charge is 0.0235 e. The van der Waals surface area contributed by atoms with E-state index in [4.69, 9.17) is 0 Å². The van der Waals surface area contributed by atoms with Gasteiger partial charge in [0, 0.05) is 18.6 Å². The van der Waals surface area contributed by atoms with Crippen molar-refractivity contribution in [3.05, 3.63) is 0 Å². The Balaban J connectivity index is 2.17. The Morgan fingerprint density at radius 1 is 1.35 bits per heavy atom. The summed E-state index contributed by atoms with van der Waals surface area (Å²) in [5, 5.41) is 3.31. The molecule has 3 nitrogen and oxygen atoms in total. The predicted molar refractivity (Wildman–Crippen MR) is 75.5 cm³/mol. The van der Waals surface area contributed by atoms with Crippen LogP contribution in [0.25, 0.3) is 0 Å². The molecule has 0 radical (unpaired) electrons. The van der Waals surface area contributed by atoms with E-state index in [1.807, 2.05) is 0 Å². The highest BCUT2D eigenvalue weighted by Gasteiger charge is 2.25. The van der Waals surface area contributed by atoms with Crippen LogP contribution < -0.4 is 5.32 Å². The summed E-state index contributed by atoms with van der Waals surface area (Å²) in [6.45, 7) is 13.1. The van der Waals surface area contributed by atoms with Gasteiger partial charge in [0.15, 0.2) is 0 Å². The van der Waals surface area contributed by atoms with E-state index in [0.717, 1.165) is 6.04 Å². The topological polar surface area (TPSA) is 18.5 Å². The summed E-state index contributed by atoms with van der Waals surface area (Å²) in [7, 11) is 2.05. The van der Waals surface area contributed by atoms with Crippen LogP contribution >= 0.6 is 0 Å². The van der Waals surface area contributed by atoms with Gasteiger partial charge in [-0.2, -0.15) is 0 Å². The van der Waals surface area contributed by atoms with Crippen LogP contribution in [-0.2, 0) is 0 Å². The summed E-state index contributed by atoms with van der Waals surface area (Å²) in [5.41, 5.74) is 0. The van der Waals surface area contributed by atoms with Gasteiger partial charge in [0.2, 0.25) is 0 Å². The van der Waals surface area contributed by atoms with Crippen molar-refractivity contribution in [3.63, 3.8) is 0 Å². The lowest BCUT2D eigenvalue weighted by Gasteiger charge is -2.26. The zero-order valence-electron chi connectivity index (χ0n) is 12.2. The first kappa shape index (κ1) is 14.9. The van der Waals surface area contributed by atoms with E-state index in [1.165, 1.54) is 52.0 Å². The molecule has 2 atom stereocenters. The van der Waals surface area contributed by atoms with Crippen LogP contribution in [-0.4, -0.2) is 61.7 Å². The Hall–Kier alpha value is -0.120. The highest BCUT2D eigenvalue weighted by Crippen LogP contribution is 2.16. The van der Waals surface area contributed by atoms with Crippen molar-refractivity contribution >= 4 is 0 Å². The zero-order valence-corrected chi connectivity index (χ0v) is 12.2. The van der Waals surface area contributed by atoms with Crippen molar-refractivity contribution in [2.24, 2.45) is 0 Å². The summed E-state index contributed by atoms with van der Waals surface area (Å²) in [5.74, 6) is 0. The second-order valence-corrected chi connectivity index (χ2v) is 5.30. The molecule has 1 N–H and O–H groups in total. The third-order valence-electron chi connectivity index (χ3n) is 4.18. The maximum atomic E-state index is 3.31. The van der Waals surface area contributed by atoms with Crippen molar-refractivity contribution in [2.45, 2.75) is 52.1 Å². The first-order chi connectivity index (χ1) is 8.21.